The zero-order valence-corrected chi connectivity index (χ0v) is 16.3. The van der Waals surface area contributed by atoms with E-state index in [4.69, 9.17) is 4.74 Å². The Hall–Kier alpha value is -3.59. The number of aliphatic hydroxyl groups is 1. The Morgan fingerprint density at radius 2 is 1.60 bits per heavy atom. The maximum atomic E-state index is 12.6. The summed E-state index contributed by atoms with van der Waals surface area (Å²) in [6, 6.07) is 12.2. The van der Waals surface area contributed by atoms with Crippen LogP contribution in [-0.4, -0.2) is 51.5 Å². The number of hydrogen-bond donors (Lipinski definition) is 5. The normalized spacial score (nSPS) is 13.5. The van der Waals surface area contributed by atoms with Gasteiger partial charge in [-0.05, 0) is 30.2 Å². The molecule has 0 aromatic heterocycles. The molecule has 2 aromatic rings. The summed E-state index contributed by atoms with van der Waals surface area (Å²) < 4.78 is 5.13. The molecule has 3 atom stereocenters. The van der Waals surface area contributed by atoms with Crippen LogP contribution in [0.2, 0.25) is 0 Å². The molecule has 0 aliphatic rings. The number of amides is 2. The van der Waals surface area contributed by atoms with Crippen LogP contribution in [0.25, 0.3) is 0 Å². The monoisotopic (exact) mass is 416 g/mol. The Morgan fingerprint density at radius 1 is 0.967 bits per heavy atom. The van der Waals surface area contributed by atoms with E-state index in [1.807, 2.05) is 6.07 Å². The highest BCUT2D eigenvalue weighted by molar-refractivity contribution is 5.89. The number of nitrogens with one attached hydrogen (secondary N) is 2. The number of aliphatic hydroxyl groups excluding tert-OH is 1. The average Bonchev–Trinajstić information content (AvgIpc) is 2.71. The van der Waals surface area contributed by atoms with E-state index >= 15 is 0 Å². The van der Waals surface area contributed by atoms with E-state index in [9.17, 15) is 29.7 Å². The Bertz CT molecular complexity index is 853. The number of phenols is 1. The molecule has 0 saturated heterocycles. The van der Waals surface area contributed by atoms with Crippen molar-refractivity contribution in [3.05, 3.63) is 65.7 Å². The molecule has 9 heteroatoms. The summed E-state index contributed by atoms with van der Waals surface area (Å²) in [4.78, 5) is 36.1. The Labute approximate surface area is 173 Å². The molecule has 5 N–H and O–H groups in total. The van der Waals surface area contributed by atoms with Gasteiger partial charge in [-0.15, -0.1) is 0 Å². The number of carbonyl (C=O) groups is 3. The fourth-order valence-corrected chi connectivity index (χ4v) is 2.63. The standard InChI is InChI=1S/C21H24N2O7/c1-13(24)18(20(27)28)23-19(26)17(11-14-7-9-16(25)10-8-14)22-21(29)30-12-15-5-3-2-4-6-15/h2-10,13,17-18,24-25H,11-12H2,1H3,(H,22,29)(H,23,26)(H,27,28)/t13-,17-,18-/m0/s1. The molecule has 0 aliphatic heterocycles. The third kappa shape index (κ3) is 7.10. The lowest BCUT2D eigenvalue weighted by Crippen LogP contribution is -2.55. The van der Waals surface area contributed by atoms with Crippen LogP contribution in [0.5, 0.6) is 5.75 Å². The van der Waals surface area contributed by atoms with Crippen molar-refractivity contribution in [1.29, 1.82) is 0 Å². The number of alkyl carbamates (subject to hydrolysis) is 1. The minimum Gasteiger partial charge on any atom is -0.508 e. The summed E-state index contributed by atoms with van der Waals surface area (Å²) in [5.74, 6) is -2.17. The maximum Gasteiger partial charge on any atom is 0.408 e. The Morgan fingerprint density at radius 3 is 2.17 bits per heavy atom. The van der Waals surface area contributed by atoms with Crippen LogP contribution in [0.1, 0.15) is 18.1 Å². The molecule has 0 radical (unpaired) electrons. The van der Waals surface area contributed by atoms with E-state index in [1.165, 1.54) is 19.1 Å². The van der Waals surface area contributed by atoms with E-state index in [-0.39, 0.29) is 18.8 Å². The molecular formula is C21H24N2O7. The van der Waals surface area contributed by atoms with Gasteiger partial charge in [-0.25, -0.2) is 9.59 Å². The van der Waals surface area contributed by atoms with Crippen molar-refractivity contribution in [2.24, 2.45) is 0 Å². The summed E-state index contributed by atoms with van der Waals surface area (Å²) in [5, 5.41) is 32.8. The topological polar surface area (TPSA) is 145 Å². The molecule has 2 rings (SSSR count). The van der Waals surface area contributed by atoms with Gasteiger partial charge < -0.3 is 30.7 Å². The second kappa shape index (κ2) is 10.8. The smallest absolute Gasteiger partial charge is 0.408 e. The van der Waals surface area contributed by atoms with Crippen molar-refractivity contribution < 1.29 is 34.4 Å². The average molecular weight is 416 g/mol. The van der Waals surface area contributed by atoms with Crippen molar-refractivity contribution in [3.63, 3.8) is 0 Å². The van der Waals surface area contributed by atoms with E-state index in [1.54, 1.807) is 36.4 Å². The Balaban J connectivity index is 2.09. The van der Waals surface area contributed by atoms with E-state index in [0.29, 0.717) is 5.56 Å². The van der Waals surface area contributed by atoms with Gasteiger partial charge in [0.25, 0.3) is 0 Å². The molecular weight excluding hydrogens is 392 g/mol. The SMILES string of the molecule is C[C@H](O)[C@H](NC(=O)[C@H](Cc1ccc(O)cc1)NC(=O)OCc1ccccc1)C(=O)O. The summed E-state index contributed by atoms with van der Waals surface area (Å²) in [6.45, 7) is 1.22. The largest absolute Gasteiger partial charge is 0.508 e. The van der Waals surface area contributed by atoms with Gasteiger partial charge in [-0.2, -0.15) is 0 Å². The lowest BCUT2D eigenvalue weighted by molar-refractivity contribution is -0.145. The summed E-state index contributed by atoms with van der Waals surface area (Å²) >= 11 is 0. The second-order valence-corrected chi connectivity index (χ2v) is 6.69. The highest BCUT2D eigenvalue weighted by Gasteiger charge is 2.30. The second-order valence-electron chi connectivity index (χ2n) is 6.69. The molecule has 0 heterocycles. The van der Waals surface area contributed by atoms with Crippen LogP contribution in [0.15, 0.2) is 54.6 Å². The predicted octanol–water partition coefficient (Wildman–Crippen LogP) is 1.18. The Kier molecular flexibility index (Phi) is 8.18. The number of carboxylic acid groups (broad SMARTS) is 1. The minimum absolute atomic E-state index is 0.00829. The van der Waals surface area contributed by atoms with Gasteiger partial charge in [0.05, 0.1) is 6.10 Å². The fourth-order valence-electron chi connectivity index (χ4n) is 2.63. The van der Waals surface area contributed by atoms with Gasteiger partial charge in [0.15, 0.2) is 6.04 Å². The molecule has 0 spiro atoms. The van der Waals surface area contributed by atoms with Gasteiger partial charge in [-0.1, -0.05) is 42.5 Å². The van der Waals surface area contributed by atoms with Crippen LogP contribution in [0.4, 0.5) is 4.79 Å². The zero-order chi connectivity index (χ0) is 22.1. The van der Waals surface area contributed by atoms with Crippen molar-refractivity contribution in [1.82, 2.24) is 10.6 Å². The number of rotatable bonds is 9. The lowest BCUT2D eigenvalue weighted by atomic mass is 10.0. The van der Waals surface area contributed by atoms with Crippen LogP contribution in [-0.2, 0) is 27.4 Å². The van der Waals surface area contributed by atoms with E-state index in [2.05, 4.69) is 10.6 Å². The molecule has 30 heavy (non-hydrogen) atoms. The number of phenolic OH excluding ortho intramolecular Hbond substituents is 1. The number of benzene rings is 2. The first kappa shape index (κ1) is 22.7. The third-order valence-corrected chi connectivity index (χ3v) is 4.24. The van der Waals surface area contributed by atoms with Crippen LogP contribution in [0, 0.1) is 0 Å². The number of carbonyl (C=O) groups excluding carboxylic acids is 2. The van der Waals surface area contributed by atoms with Crippen molar-refractivity contribution in [3.8, 4) is 5.75 Å². The highest BCUT2D eigenvalue weighted by atomic mass is 16.5. The van der Waals surface area contributed by atoms with Crippen LogP contribution < -0.4 is 10.6 Å². The van der Waals surface area contributed by atoms with E-state index in [0.717, 1.165) is 5.56 Å². The first-order chi connectivity index (χ1) is 14.3. The van der Waals surface area contributed by atoms with Gasteiger partial charge >= 0.3 is 12.1 Å². The van der Waals surface area contributed by atoms with Crippen molar-refractivity contribution in [2.75, 3.05) is 0 Å². The molecule has 160 valence electrons. The highest BCUT2D eigenvalue weighted by Crippen LogP contribution is 2.12. The molecule has 2 amide bonds. The quantitative estimate of drug-likeness (QED) is 0.413. The number of ether oxygens (including phenoxy) is 1. The molecule has 0 fully saturated rings. The first-order valence-corrected chi connectivity index (χ1v) is 9.22. The summed E-state index contributed by atoms with van der Waals surface area (Å²) in [6.07, 6.45) is -2.19. The van der Waals surface area contributed by atoms with E-state index < -0.39 is 36.2 Å². The first-order valence-electron chi connectivity index (χ1n) is 9.22. The maximum absolute atomic E-state index is 12.6. The number of hydrogen-bond acceptors (Lipinski definition) is 6. The van der Waals surface area contributed by atoms with Gasteiger partial charge in [0.2, 0.25) is 5.91 Å². The van der Waals surface area contributed by atoms with Gasteiger partial charge in [0.1, 0.15) is 18.4 Å². The third-order valence-electron chi connectivity index (χ3n) is 4.24. The summed E-state index contributed by atoms with van der Waals surface area (Å²) in [5.41, 5.74) is 1.37. The number of aliphatic carboxylic acids is 1. The van der Waals surface area contributed by atoms with Gasteiger partial charge in [-0.3, -0.25) is 4.79 Å². The molecule has 0 saturated carbocycles. The molecule has 2 aromatic carbocycles. The zero-order valence-electron chi connectivity index (χ0n) is 16.3. The lowest BCUT2D eigenvalue weighted by Gasteiger charge is -2.22. The van der Waals surface area contributed by atoms with Crippen LogP contribution in [0.3, 0.4) is 0 Å². The van der Waals surface area contributed by atoms with Crippen LogP contribution >= 0.6 is 0 Å². The predicted molar refractivity (Wildman–Crippen MR) is 107 cm³/mol. The summed E-state index contributed by atoms with van der Waals surface area (Å²) in [7, 11) is 0. The fraction of sp³-hybridized carbons (Fsp3) is 0.286. The number of aromatic hydroxyl groups is 1. The number of carboxylic acids is 1. The van der Waals surface area contributed by atoms with Gasteiger partial charge in [0, 0.05) is 6.42 Å². The van der Waals surface area contributed by atoms with Crippen molar-refractivity contribution in [2.45, 2.75) is 38.1 Å². The minimum atomic E-state index is -1.54. The molecule has 9 nitrogen and oxygen atoms in total. The van der Waals surface area contributed by atoms with Crippen molar-refractivity contribution >= 4 is 18.0 Å². The molecule has 0 bridgehead atoms. The molecule has 0 aliphatic carbocycles. The molecule has 0 unspecified atom stereocenters.